The number of thioether (sulfide) groups is 1. The average Bonchev–Trinajstić information content (AvgIpc) is 3.39. The molecule has 0 unspecified atom stereocenters. The summed E-state index contributed by atoms with van der Waals surface area (Å²) in [5.41, 5.74) is 2.20. The second-order valence-corrected chi connectivity index (χ2v) is 10.7. The van der Waals surface area contributed by atoms with E-state index in [2.05, 4.69) is 4.98 Å². The molecule has 9 heteroatoms. The number of nitrogens with one attached hydrogen (secondary N) is 1. The molecule has 1 N–H and O–H groups in total. The molecule has 2 aliphatic heterocycles. The molecule has 2 amide bonds. The summed E-state index contributed by atoms with van der Waals surface area (Å²) in [4.78, 5) is 43.7. The van der Waals surface area contributed by atoms with Crippen molar-refractivity contribution in [1.82, 2.24) is 4.98 Å². The fourth-order valence-corrected chi connectivity index (χ4v) is 7.25. The minimum absolute atomic E-state index is 0.226. The molecule has 0 spiro atoms. The largest absolute Gasteiger partial charge is 0.489 e. The maximum Gasteiger partial charge on any atom is 0.305 e. The summed E-state index contributed by atoms with van der Waals surface area (Å²) >= 11 is 2.27. The van der Waals surface area contributed by atoms with E-state index >= 15 is 0 Å². The van der Waals surface area contributed by atoms with Gasteiger partial charge < -0.3 is 9.72 Å². The van der Waals surface area contributed by atoms with E-state index in [0.29, 0.717) is 23.1 Å². The molecule has 3 heterocycles. The van der Waals surface area contributed by atoms with E-state index in [9.17, 15) is 18.8 Å². The Morgan fingerprint density at radius 3 is 2.33 bits per heavy atom. The molecule has 2 aliphatic rings. The molecule has 36 heavy (non-hydrogen) atoms. The number of ether oxygens (including phenoxy) is 1. The van der Waals surface area contributed by atoms with Crippen LogP contribution in [0.2, 0.25) is 0 Å². The van der Waals surface area contributed by atoms with E-state index in [-0.39, 0.29) is 16.7 Å². The van der Waals surface area contributed by atoms with E-state index in [4.69, 9.17) is 4.74 Å². The number of nitrogens with zero attached hydrogens (tertiary/aromatic N) is 1. The number of fused-ring (bicyclic) bond motifs is 2. The molecule has 0 radical (unpaired) electrons. The molecule has 0 aliphatic carbocycles. The first kappa shape index (κ1) is 22.8. The minimum atomic E-state index is -0.695. The van der Waals surface area contributed by atoms with Gasteiger partial charge in [-0.15, -0.1) is 0 Å². The number of halogens is 1. The van der Waals surface area contributed by atoms with Crippen LogP contribution in [0.1, 0.15) is 21.9 Å². The van der Waals surface area contributed by atoms with E-state index in [0.717, 1.165) is 32.2 Å². The standard InChI is InChI=1S/C27H19FN2O4S2/c28-17-8-10-18(11-9-17)30-25(31)21-20(22-24(29-27(33)36-22)35-23(21)26(30)32)16-6-12-19(13-7-16)34-14-15-4-2-1-3-5-15/h1-13,20-21,23H,14H2,(H,29,33)/t20-,21-,23+/m0/s1. The van der Waals surface area contributed by atoms with Crippen molar-refractivity contribution in [3.63, 3.8) is 0 Å². The van der Waals surface area contributed by atoms with Crippen LogP contribution in [0.25, 0.3) is 0 Å². The van der Waals surface area contributed by atoms with Crippen molar-refractivity contribution >= 4 is 40.6 Å². The van der Waals surface area contributed by atoms with Crippen LogP contribution < -0.4 is 14.5 Å². The zero-order valence-corrected chi connectivity index (χ0v) is 20.4. The van der Waals surface area contributed by atoms with Crippen LogP contribution >= 0.6 is 23.1 Å². The third kappa shape index (κ3) is 3.94. The van der Waals surface area contributed by atoms with Gasteiger partial charge in [0.1, 0.15) is 23.4 Å². The fourth-order valence-electron chi connectivity index (χ4n) is 4.73. The smallest absolute Gasteiger partial charge is 0.305 e. The van der Waals surface area contributed by atoms with Crippen LogP contribution in [-0.2, 0) is 16.2 Å². The normalized spacial score (nSPS) is 20.8. The Morgan fingerprint density at radius 1 is 0.889 bits per heavy atom. The number of aromatic nitrogens is 1. The monoisotopic (exact) mass is 518 g/mol. The number of carbonyl (C=O) groups is 2. The first-order chi connectivity index (χ1) is 17.5. The second-order valence-electron chi connectivity index (χ2n) is 8.58. The molecule has 1 fully saturated rings. The van der Waals surface area contributed by atoms with Gasteiger partial charge in [-0.1, -0.05) is 65.6 Å². The Hall–Kier alpha value is -3.69. The summed E-state index contributed by atoms with van der Waals surface area (Å²) in [6.45, 7) is 0.425. The summed E-state index contributed by atoms with van der Waals surface area (Å²) in [6.07, 6.45) is 0. The molecule has 180 valence electrons. The van der Waals surface area contributed by atoms with Gasteiger partial charge in [0.15, 0.2) is 0 Å². The lowest BCUT2D eigenvalue weighted by Crippen LogP contribution is -2.32. The van der Waals surface area contributed by atoms with Gasteiger partial charge in [0, 0.05) is 10.8 Å². The Morgan fingerprint density at radius 2 is 1.61 bits per heavy atom. The van der Waals surface area contributed by atoms with Crippen LogP contribution in [0.5, 0.6) is 5.75 Å². The molecular weight excluding hydrogens is 499 g/mol. The molecule has 0 saturated carbocycles. The lowest BCUT2D eigenvalue weighted by Gasteiger charge is -2.29. The van der Waals surface area contributed by atoms with Gasteiger partial charge in [-0.05, 0) is 47.5 Å². The maximum atomic E-state index is 13.7. The van der Waals surface area contributed by atoms with Gasteiger partial charge in [0.2, 0.25) is 11.8 Å². The molecule has 3 atom stereocenters. The Kier molecular flexibility index (Phi) is 5.73. The number of aromatic amines is 1. The minimum Gasteiger partial charge on any atom is -0.489 e. The number of hydrogen-bond donors (Lipinski definition) is 1. The maximum absolute atomic E-state index is 13.7. The van der Waals surface area contributed by atoms with Gasteiger partial charge >= 0.3 is 4.87 Å². The quantitative estimate of drug-likeness (QED) is 0.378. The highest BCUT2D eigenvalue weighted by Crippen LogP contribution is 2.53. The Balaban J connectivity index is 1.34. The fraction of sp³-hybridized carbons (Fsp3) is 0.148. The lowest BCUT2D eigenvalue weighted by molar-refractivity contribution is -0.122. The van der Waals surface area contributed by atoms with Gasteiger partial charge in [-0.2, -0.15) is 0 Å². The SMILES string of the molecule is O=C1[C@H]2[C@H](c3ccc(OCc4ccccc4)cc3)c3sc(=O)[nH]c3S[C@H]2C(=O)N1c1ccc(F)cc1. The van der Waals surface area contributed by atoms with Gasteiger partial charge in [0.05, 0.1) is 16.6 Å². The highest BCUT2D eigenvalue weighted by atomic mass is 32.2. The van der Waals surface area contributed by atoms with Crippen molar-refractivity contribution in [3.8, 4) is 5.75 Å². The number of thiazole rings is 1. The van der Waals surface area contributed by atoms with Gasteiger partial charge in [-0.3, -0.25) is 14.4 Å². The predicted octanol–water partition coefficient (Wildman–Crippen LogP) is 4.95. The van der Waals surface area contributed by atoms with Crippen molar-refractivity contribution in [1.29, 1.82) is 0 Å². The lowest BCUT2D eigenvalue weighted by atomic mass is 9.83. The highest BCUT2D eigenvalue weighted by Gasteiger charge is 2.56. The summed E-state index contributed by atoms with van der Waals surface area (Å²) < 4.78 is 19.4. The van der Waals surface area contributed by atoms with Crippen LogP contribution in [0, 0.1) is 11.7 Å². The molecule has 3 aromatic carbocycles. The van der Waals surface area contributed by atoms with Crippen LogP contribution in [0.4, 0.5) is 10.1 Å². The predicted molar refractivity (Wildman–Crippen MR) is 136 cm³/mol. The number of hydrogen-bond acceptors (Lipinski definition) is 6. The van der Waals surface area contributed by atoms with E-state index < -0.39 is 22.9 Å². The third-order valence-corrected chi connectivity index (χ3v) is 8.80. The number of amides is 2. The molecule has 0 bridgehead atoms. The summed E-state index contributed by atoms with van der Waals surface area (Å²) in [6, 6.07) is 22.6. The molecule has 6 rings (SSSR count). The van der Waals surface area contributed by atoms with Crippen molar-refractivity contribution in [3.05, 3.63) is 110 Å². The van der Waals surface area contributed by atoms with E-state index in [1.165, 1.54) is 36.0 Å². The Labute approximate surface area is 213 Å². The zero-order chi connectivity index (χ0) is 24.8. The average molecular weight is 519 g/mol. The number of anilines is 1. The topological polar surface area (TPSA) is 79.5 Å². The van der Waals surface area contributed by atoms with Crippen LogP contribution in [-0.4, -0.2) is 22.0 Å². The molecule has 1 saturated heterocycles. The second kappa shape index (κ2) is 9.07. The molecular formula is C27H19FN2O4S2. The number of carbonyl (C=O) groups excluding carboxylic acids is 2. The van der Waals surface area contributed by atoms with Crippen molar-refractivity contribution in [2.24, 2.45) is 5.92 Å². The van der Waals surface area contributed by atoms with E-state index in [1.807, 2.05) is 54.6 Å². The molecule has 1 aromatic heterocycles. The number of H-pyrrole nitrogens is 1. The van der Waals surface area contributed by atoms with Crippen LogP contribution in [0.15, 0.2) is 88.7 Å². The first-order valence-electron chi connectivity index (χ1n) is 11.3. The zero-order valence-electron chi connectivity index (χ0n) is 18.7. The van der Waals surface area contributed by atoms with E-state index in [1.54, 1.807) is 0 Å². The summed E-state index contributed by atoms with van der Waals surface area (Å²) in [7, 11) is 0. The van der Waals surface area contributed by atoms with Crippen molar-refractivity contribution < 1.29 is 18.7 Å². The van der Waals surface area contributed by atoms with Crippen molar-refractivity contribution in [2.75, 3.05) is 4.90 Å². The van der Waals surface area contributed by atoms with Gasteiger partial charge in [-0.25, -0.2) is 9.29 Å². The Bertz CT molecular complexity index is 1500. The number of imide groups is 1. The third-order valence-electron chi connectivity index (χ3n) is 6.40. The number of benzene rings is 3. The molecule has 6 nitrogen and oxygen atoms in total. The highest BCUT2D eigenvalue weighted by molar-refractivity contribution is 8.00. The van der Waals surface area contributed by atoms with Gasteiger partial charge in [0.25, 0.3) is 0 Å². The summed E-state index contributed by atoms with van der Waals surface area (Å²) in [5.74, 6) is -1.66. The number of rotatable bonds is 5. The molecule has 4 aromatic rings. The van der Waals surface area contributed by atoms with Crippen LogP contribution in [0.3, 0.4) is 0 Å². The summed E-state index contributed by atoms with van der Waals surface area (Å²) in [5, 5.41) is -0.0814. The first-order valence-corrected chi connectivity index (χ1v) is 13.0. The van der Waals surface area contributed by atoms with Crippen molar-refractivity contribution in [2.45, 2.75) is 22.8 Å².